The highest BCUT2D eigenvalue weighted by Crippen LogP contribution is 2.01. The van der Waals surface area contributed by atoms with Gasteiger partial charge in [0.2, 0.25) is 0 Å². The zero-order valence-corrected chi connectivity index (χ0v) is 5.46. The minimum Gasteiger partial charge on any atom is -0.268 e. The lowest BCUT2D eigenvalue weighted by molar-refractivity contribution is 1.02. The quantitative estimate of drug-likeness (QED) is 0.566. The third-order valence-corrected chi connectivity index (χ3v) is 1.05. The van der Waals surface area contributed by atoms with E-state index in [4.69, 9.17) is 23.8 Å². The molecule has 0 fully saturated rings. The van der Waals surface area contributed by atoms with Crippen LogP contribution in [0.2, 0.25) is 5.02 Å². The largest absolute Gasteiger partial charge is 0.268 e. The number of H-pyrrole nitrogens is 1. The van der Waals surface area contributed by atoms with E-state index in [2.05, 4.69) is 10.2 Å². The Balaban J connectivity index is 3.28. The van der Waals surface area contributed by atoms with E-state index in [0.717, 1.165) is 0 Å². The smallest absolute Gasteiger partial charge is 0.121 e. The summed E-state index contributed by atoms with van der Waals surface area (Å²) >= 11 is 10.2. The molecule has 0 aromatic carbocycles. The third kappa shape index (κ3) is 1.28. The SMILES string of the molecule is S=c1cc(Cl)cn[nH]1. The van der Waals surface area contributed by atoms with Crippen molar-refractivity contribution in [3.63, 3.8) is 0 Å². The second-order valence-electron chi connectivity index (χ2n) is 1.26. The number of hydrogen-bond acceptors (Lipinski definition) is 2. The average Bonchev–Trinajstić information content (AvgIpc) is 1.64. The van der Waals surface area contributed by atoms with Gasteiger partial charge in [-0.3, -0.25) is 5.10 Å². The predicted molar refractivity (Wildman–Crippen MR) is 34.4 cm³/mol. The Morgan fingerprint density at radius 2 is 2.50 bits per heavy atom. The molecule has 0 aliphatic heterocycles. The van der Waals surface area contributed by atoms with Crippen LogP contribution in [0.1, 0.15) is 0 Å². The maximum atomic E-state index is 5.50. The van der Waals surface area contributed by atoms with Crippen molar-refractivity contribution in [2.24, 2.45) is 0 Å². The summed E-state index contributed by atoms with van der Waals surface area (Å²) in [7, 11) is 0. The molecule has 0 bridgehead atoms. The van der Waals surface area contributed by atoms with Crippen LogP contribution in [0.15, 0.2) is 12.3 Å². The number of halogens is 1. The maximum absolute atomic E-state index is 5.50. The molecule has 8 heavy (non-hydrogen) atoms. The zero-order valence-electron chi connectivity index (χ0n) is 3.89. The summed E-state index contributed by atoms with van der Waals surface area (Å²) in [6.07, 6.45) is 1.50. The average molecular weight is 147 g/mol. The summed E-state index contributed by atoms with van der Waals surface area (Å²) in [4.78, 5) is 0. The van der Waals surface area contributed by atoms with Crippen LogP contribution < -0.4 is 0 Å². The lowest BCUT2D eigenvalue weighted by Gasteiger charge is -1.82. The van der Waals surface area contributed by atoms with Gasteiger partial charge in [-0.15, -0.1) is 0 Å². The lowest BCUT2D eigenvalue weighted by Crippen LogP contribution is -1.77. The molecule has 1 aromatic rings. The monoisotopic (exact) mass is 146 g/mol. The van der Waals surface area contributed by atoms with Gasteiger partial charge in [0.1, 0.15) is 4.64 Å². The molecular weight excluding hydrogens is 144 g/mol. The molecule has 4 heteroatoms. The molecule has 0 saturated heterocycles. The van der Waals surface area contributed by atoms with Crippen LogP contribution >= 0.6 is 23.8 Å². The maximum Gasteiger partial charge on any atom is 0.121 e. The van der Waals surface area contributed by atoms with Gasteiger partial charge >= 0.3 is 0 Å². The fraction of sp³-hybridized carbons (Fsp3) is 0. The first-order valence-electron chi connectivity index (χ1n) is 1.99. The Hall–Kier alpha value is -0.410. The van der Waals surface area contributed by atoms with Crippen molar-refractivity contribution in [2.75, 3.05) is 0 Å². The van der Waals surface area contributed by atoms with Crippen molar-refractivity contribution in [3.05, 3.63) is 21.9 Å². The van der Waals surface area contributed by atoms with Crippen LogP contribution in [-0.2, 0) is 0 Å². The topological polar surface area (TPSA) is 28.7 Å². The van der Waals surface area contributed by atoms with Crippen LogP contribution in [0, 0.1) is 4.64 Å². The summed E-state index contributed by atoms with van der Waals surface area (Å²) in [5, 5.41) is 6.74. The molecule has 0 amide bonds. The van der Waals surface area contributed by atoms with Crippen molar-refractivity contribution >= 4 is 23.8 Å². The van der Waals surface area contributed by atoms with Gasteiger partial charge in [0.15, 0.2) is 0 Å². The van der Waals surface area contributed by atoms with Crippen LogP contribution in [0.5, 0.6) is 0 Å². The molecule has 0 aliphatic carbocycles. The first-order valence-corrected chi connectivity index (χ1v) is 2.78. The van der Waals surface area contributed by atoms with Gasteiger partial charge in [-0.25, -0.2) is 0 Å². The lowest BCUT2D eigenvalue weighted by atomic mass is 10.6. The minimum absolute atomic E-state index is 0.553. The van der Waals surface area contributed by atoms with Crippen LogP contribution in [0.4, 0.5) is 0 Å². The highest BCUT2D eigenvalue weighted by Gasteiger charge is 1.81. The molecule has 1 rings (SSSR count). The number of nitrogens with zero attached hydrogens (tertiary/aromatic N) is 1. The van der Waals surface area contributed by atoms with E-state index in [1.54, 1.807) is 6.07 Å². The minimum atomic E-state index is 0.553. The fourth-order valence-corrected chi connectivity index (χ4v) is 0.755. The van der Waals surface area contributed by atoms with E-state index in [1.807, 2.05) is 0 Å². The third-order valence-electron chi connectivity index (χ3n) is 0.632. The molecule has 1 N–H and O–H groups in total. The van der Waals surface area contributed by atoms with Crippen molar-refractivity contribution in [1.29, 1.82) is 0 Å². The summed E-state index contributed by atoms with van der Waals surface area (Å²) in [5.41, 5.74) is 0. The molecule has 42 valence electrons. The van der Waals surface area contributed by atoms with Crippen molar-refractivity contribution in [3.8, 4) is 0 Å². The van der Waals surface area contributed by atoms with Gasteiger partial charge in [0.05, 0.1) is 11.2 Å². The zero-order chi connectivity index (χ0) is 5.98. The summed E-state index contributed by atoms with van der Waals surface area (Å²) in [6.45, 7) is 0. The normalized spacial score (nSPS) is 9.12. The van der Waals surface area contributed by atoms with Crippen LogP contribution in [-0.4, -0.2) is 10.2 Å². The highest BCUT2D eigenvalue weighted by atomic mass is 35.5. The molecule has 0 atom stereocenters. The molecule has 1 aromatic heterocycles. The van der Waals surface area contributed by atoms with Gasteiger partial charge in [-0.05, 0) is 6.07 Å². The molecular formula is C4H3ClN2S. The van der Waals surface area contributed by atoms with E-state index >= 15 is 0 Å². The van der Waals surface area contributed by atoms with Crippen molar-refractivity contribution < 1.29 is 0 Å². The Morgan fingerprint density at radius 1 is 1.75 bits per heavy atom. The number of nitrogens with one attached hydrogen (secondary N) is 1. The number of aromatic nitrogens is 2. The number of rotatable bonds is 0. The van der Waals surface area contributed by atoms with E-state index < -0.39 is 0 Å². The van der Waals surface area contributed by atoms with Crippen LogP contribution in [0.25, 0.3) is 0 Å². The second-order valence-corrected chi connectivity index (χ2v) is 2.14. The Bertz CT molecular complexity index is 231. The summed E-state index contributed by atoms with van der Waals surface area (Å²) in [5.74, 6) is 0. The highest BCUT2D eigenvalue weighted by molar-refractivity contribution is 7.71. The molecule has 0 saturated carbocycles. The first-order chi connectivity index (χ1) is 3.79. The van der Waals surface area contributed by atoms with E-state index in [9.17, 15) is 0 Å². The Kier molecular flexibility index (Phi) is 1.60. The molecule has 2 nitrogen and oxygen atoms in total. The van der Waals surface area contributed by atoms with E-state index in [1.165, 1.54) is 6.20 Å². The Morgan fingerprint density at radius 3 is 2.88 bits per heavy atom. The molecule has 1 heterocycles. The van der Waals surface area contributed by atoms with E-state index in [0.29, 0.717) is 9.66 Å². The predicted octanol–water partition coefficient (Wildman–Crippen LogP) is 1.79. The Labute approximate surface area is 56.5 Å². The second kappa shape index (κ2) is 2.24. The van der Waals surface area contributed by atoms with Gasteiger partial charge in [-0.2, -0.15) is 5.10 Å². The van der Waals surface area contributed by atoms with Gasteiger partial charge < -0.3 is 0 Å². The van der Waals surface area contributed by atoms with Gasteiger partial charge in [0, 0.05) is 0 Å². The standard InChI is InChI=1S/C4H3ClN2S/c5-3-1-4(8)7-6-2-3/h1-2H,(H,7,8). The number of aromatic amines is 1. The first kappa shape index (κ1) is 5.72. The molecule has 0 unspecified atom stereocenters. The summed E-state index contributed by atoms with van der Waals surface area (Å²) < 4.78 is 0.553. The number of hydrogen-bond donors (Lipinski definition) is 1. The van der Waals surface area contributed by atoms with E-state index in [-0.39, 0.29) is 0 Å². The van der Waals surface area contributed by atoms with Crippen molar-refractivity contribution in [1.82, 2.24) is 10.2 Å². The van der Waals surface area contributed by atoms with Crippen molar-refractivity contribution in [2.45, 2.75) is 0 Å². The molecule has 0 spiro atoms. The molecule has 0 aliphatic rings. The summed E-state index contributed by atoms with van der Waals surface area (Å²) in [6, 6.07) is 1.63. The molecule has 0 radical (unpaired) electrons. The van der Waals surface area contributed by atoms with Crippen LogP contribution in [0.3, 0.4) is 0 Å². The van der Waals surface area contributed by atoms with Gasteiger partial charge in [-0.1, -0.05) is 23.8 Å². The van der Waals surface area contributed by atoms with Gasteiger partial charge in [0.25, 0.3) is 0 Å². The fourth-order valence-electron chi connectivity index (χ4n) is 0.352.